The van der Waals surface area contributed by atoms with E-state index in [-0.39, 0.29) is 0 Å². The number of nitrogens with zero attached hydrogens (tertiary/aromatic N) is 2. The fraction of sp³-hybridized carbons (Fsp3) is 0.700. The van der Waals surface area contributed by atoms with Gasteiger partial charge in [0.2, 0.25) is 0 Å². The Hall–Kier alpha value is -0.310. The molecule has 2 unspecified atom stereocenters. The van der Waals surface area contributed by atoms with Crippen molar-refractivity contribution in [3.63, 3.8) is 0 Å². The highest BCUT2D eigenvalue weighted by Crippen LogP contribution is 2.41. The summed E-state index contributed by atoms with van der Waals surface area (Å²) in [5, 5.41) is 20.7. The number of carboxylic acid groups (broad SMARTS) is 1. The molecule has 18 heavy (non-hydrogen) atoms. The van der Waals surface area contributed by atoms with Gasteiger partial charge in [-0.15, -0.1) is 10.2 Å². The molecule has 1 heterocycles. The molecule has 100 valence electrons. The summed E-state index contributed by atoms with van der Waals surface area (Å²) in [7, 11) is 1.72. The number of hydrogen-bond donors (Lipinski definition) is 2. The third-order valence-electron chi connectivity index (χ3n) is 3.19. The van der Waals surface area contributed by atoms with Crippen LogP contribution in [-0.4, -0.2) is 45.4 Å². The molecule has 1 fully saturated rings. The lowest BCUT2D eigenvalue weighted by Crippen LogP contribution is -2.48. The first kappa shape index (κ1) is 14.1. The van der Waals surface area contributed by atoms with Crippen LogP contribution in [0.4, 0.5) is 0 Å². The number of aromatic nitrogens is 2. The molecule has 0 aliphatic heterocycles. The van der Waals surface area contributed by atoms with Gasteiger partial charge in [-0.25, -0.2) is 0 Å². The molecule has 2 rings (SSSR count). The number of rotatable bonds is 5. The van der Waals surface area contributed by atoms with Crippen molar-refractivity contribution < 1.29 is 9.90 Å². The Morgan fingerprint density at radius 1 is 1.56 bits per heavy atom. The first-order valence-electron chi connectivity index (χ1n) is 5.56. The molecular formula is C10H15N3O2S3. The Bertz CT molecular complexity index is 440. The van der Waals surface area contributed by atoms with Gasteiger partial charge in [-0.05, 0) is 32.6 Å². The summed E-state index contributed by atoms with van der Waals surface area (Å²) in [6.07, 6.45) is 4.18. The highest BCUT2D eigenvalue weighted by atomic mass is 32.2. The lowest BCUT2D eigenvalue weighted by molar-refractivity contribution is -0.144. The second-order valence-corrected chi connectivity index (χ2v) is 7.74. The van der Waals surface area contributed by atoms with Crippen LogP contribution >= 0.6 is 34.9 Å². The molecule has 1 saturated carbocycles. The highest BCUT2D eigenvalue weighted by Gasteiger charge is 2.44. The SMILES string of the molecule is CNC1(C(=O)O)CCC(Sc2nnc(SC)s2)C1. The van der Waals surface area contributed by atoms with Crippen molar-refractivity contribution in [2.24, 2.45) is 0 Å². The third kappa shape index (κ3) is 2.81. The molecule has 0 bridgehead atoms. The molecule has 0 aromatic carbocycles. The average Bonchev–Trinajstić information content (AvgIpc) is 2.97. The van der Waals surface area contributed by atoms with E-state index in [2.05, 4.69) is 15.5 Å². The molecule has 0 amide bonds. The van der Waals surface area contributed by atoms with Crippen LogP contribution in [0.25, 0.3) is 0 Å². The molecule has 1 aliphatic rings. The second kappa shape index (κ2) is 5.77. The van der Waals surface area contributed by atoms with Crippen molar-refractivity contribution in [1.82, 2.24) is 15.5 Å². The monoisotopic (exact) mass is 305 g/mol. The van der Waals surface area contributed by atoms with Crippen molar-refractivity contribution in [2.75, 3.05) is 13.3 Å². The molecule has 2 N–H and O–H groups in total. The van der Waals surface area contributed by atoms with Gasteiger partial charge >= 0.3 is 5.97 Å². The van der Waals surface area contributed by atoms with E-state index in [0.717, 1.165) is 15.1 Å². The number of nitrogens with one attached hydrogen (secondary N) is 1. The van der Waals surface area contributed by atoms with Crippen molar-refractivity contribution in [3.8, 4) is 0 Å². The summed E-state index contributed by atoms with van der Waals surface area (Å²) in [5.74, 6) is -0.754. The van der Waals surface area contributed by atoms with E-state index in [9.17, 15) is 9.90 Å². The fourth-order valence-corrected chi connectivity index (χ4v) is 5.08. The summed E-state index contributed by atoms with van der Waals surface area (Å²) < 4.78 is 1.88. The normalized spacial score (nSPS) is 27.6. The third-order valence-corrected chi connectivity index (χ3v) is 6.44. The number of thioether (sulfide) groups is 2. The zero-order valence-corrected chi connectivity index (χ0v) is 12.6. The Balaban J connectivity index is 1.98. The van der Waals surface area contributed by atoms with E-state index in [4.69, 9.17) is 0 Å². The van der Waals surface area contributed by atoms with Gasteiger partial charge in [0.15, 0.2) is 8.68 Å². The molecule has 5 nitrogen and oxygen atoms in total. The van der Waals surface area contributed by atoms with E-state index >= 15 is 0 Å². The van der Waals surface area contributed by atoms with Gasteiger partial charge in [0, 0.05) is 5.25 Å². The molecule has 0 spiro atoms. The van der Waals surface area contributed by atoms with Crippen molar-refractivity contribution in [1.29, 1.82) is 0 Å². The zero-order valence-electron chi connectivity index (χ0n) is 10.2. The van der Waals surface area contributed by atoms with Crippen LogP contribution in [0.1, 0.15) is 19.3 Å². The molecular weight excluding hydrogens is 290 g/mol. The number of carbonyl (C=O) groups is 1. The lowest BCUT2D eigenvalue weighted by Gasteiger charge is -2.23. The number of hydrogen-bond acceptors (Lipinski definition) is 7. The largest absolute Gasteiger partial charge is 0.480 e. The van der Waals surface area contributed by atoms with Gasteiger partial charge in [0.05, 0.1) is 0 Å². The average molecular weight is 305 g/mol. The first-order chi connectivity index (χ1) is 8.59. The van der Waals surface area contributed by atoms with Crippen LogP contribution in [0.2, 0.25) is 0 Å². The van der Waals surface area contributed by atoms with E-state index in [1.165, 1.54) is 0 Å². The van der Waals surface area contributed by atoms with E-state index in [1.807, 2.05) is 6.26 Å². The lowest BCUT2D eigenvalue weighted by atomic mass is 9.99. The van der Waals surface area contributed by atoms with Gasteiger partial charge < -0.3 is 10.4 Å². The summed E-state index contributed by atoms with van der Waals surface area (Å²) in [5.41, 5.74) is -0.759. The summed E-state index contributed by atoms with van der Waals surface area (Å²) >= 11 is 4.80. The van der Waals surface area contributed by atoms with Gasteiger partial charge in [-0.2, -0.15) is 0 Å². The highest BCUT2D eigenvalue weighted by molar-refractivity contribution is 8.03. The maximum Gasteiger partial charge on any atom is 0.323 e. The molecule has 8 heteroatoms. The van der Waals surface area contributed by atoms with Crippen LogP contribution in [0.15, 0.2) is 8.68 Å². The topological polar surface area (TPSA) is 75.1 Å². The quantitative estimate of drug-likeness (QED) is 0.805. The summed E-state index contributed by atoms with van der Waals surface area (Å²) in [6.45, 7) is 0. The van der Waals surface area contributed by atoms with Gasteiger partial charge in [0.1, 0.15) is 5.54 Å². The number of carboxylic acids is 1. The Morgan fingerprint density at radius 3 is 2.78 bits per heavy atom. The van der Waals surface area contributed by atoms with Gasteiger partial charge in [-0.1, -0.05) is 34.9 Å². The van der Waals surface area contributed by atoms with Crippen LogP contribution in [0, 0.1) is 0 Å². The van der Waals surface area contributed by atoms with E-state index in [0.29, 0.717) is 18.1 Å². The van der Waals surface area contributed by atoms with Crippen molar-refractivity contribution >= 4 is 40.8 Å². The molecule has 0 radical (unpaired) electrons. The predicted octanol–water partition coefficient (Wildman–Crippen LogP) is 1.95. The molecule has 1 aromatic heterocycles. The zero-order chi connectivity index (χ0) is 13.2. The van der Waals surface area contributed by atoms with Crippen LogP contribution in [0.3, 0.4) is 0 Å². The maximum absolute atomic E-state index is 11.3. The molecule has 0 saturated heterocycles. The minimum absolute atomic E-state index is 0.302. The van der Waals surface area contributed by atoms with Crippen molar-refractivity contribution in [3.05, 3.63) is 0 Å². The Labute approximate surface area is 118 Å². The minimum Gasteiger partial charge on any atom is -0.480 e. The second-order valence-electron chi connectivity index (χ2n) is 4.16. The Morgan fingerprint density at radius 2 is 2.28 bits per heavy atom. The van der Waals surface area contributed by atoms with Gasteiger partial charge in [-0.3, -0.25) is 4.79 Å². The maximum atomic E-state index is 11.3. The van der Waals surface area contributed by atoms with Crippen LogP contribution in [0.5, 0.6) is 0 Å². The number of likely N-dealkylation sites (N-methyl/N-ethyl adjacent to an activating group) is 1. The van der Waals surface area contributed by atoms with Crippen LogP contribution in [-0.2, 0) is 4.79 Å². The standard InChI is InChI=1S/C10H15N3O2S3/c1-11-10(7(14)15)4-3-6(5-10)17-9-13-12-8(16-2)18-9/h6,11H,3-5H2,1-2H3,(H,14,15). The first-order valence-corrected chi connectivity index (χ1v) is 8.48. The molecule has 1 aromatic rings. The predicted molar refractivity (Wildman–Crippen MR) is 74.6 cm³/mol. The van der Waals surface area contributed by atoms with Crippen LogP contribution < -0.4 is 5.32 Å². The molecule has 1 aliphatic carbocycles. The molecule has 2 atom stereocenters. The Kier molecular flexibility index (Phi) is 4.52. The van der Waals surface area contributed by atoms with Crippen molar-refractivity contribution in [2.45, 2.75) is 38.7 Å². The van der Waals surface area contributed by atoms with E-state index in [1.54, 1.807) is 41.9 Å². The summed E-state index contributed by atoms with van der Waals surface area (Å²) in [4.78, 5) is 11.3. The van der Waals surface area contributed by atoms with Gasteiger partial charge in [0.25, 0.3) is 0 Å². The summed E-state index contributed by atoms with van der Waals surface area (Å²) in [6, 6.07) is 0. The number of aliphatic carboxylic acids is 1. The minimum atomic E-state index is -0.759. The smallest absolute Gasteiger partial charge is 0.323 e. The fourth-order valence-electron chi connectivity index (χ4n) is 2.10. The van der Waals surface area contributed by atoms with E-state index < -0.39 is 11.5 Å².